The Morgan fingerprint density at radius 2 is 2.00 bits per heavy atom. The molecular weight excluding hydrogens is 459 g/mol. The van der Waals surface area contributed by atoms with Crippen molar-refractivity contribution >= 4 is 37.9 Å². The number of amides is 1. The largest absolute Gasteiger partial charge is 0.427 e. The van der Waals surface area contributed by atoms with E-state index in [-0.39, 0.29) is 32.6 Å². The van der Waals surface area contributed by atoms with E-state index in [9.17, 15) is 26.4 Å². The Labute approximate surface area is 179 Å². The third kappa shape index (κ3) is 5.60. The molecule has 1 fully saturated rings. The van der Waals surface area contributed by atoms with Gasteiger partial charge in [0.2, 0.25) is 0 Å². The van der Waals surface area contributed by atoms with Gasteiger partial charge in [0.15, 0.2) is 20.7 Å². The summed E-state index contributed by atoms with van der Waals surface area (Å²) in [6.45, 7) is 1.10. The number of aromatic nitrogens is 1. The van der Waals surface area contributed by atoms with Crippen molar-refractivity contribution in [3.63, 3.8) is 0 Å². The third-order valence-corrected chi connectivity index (χ3v) is 7.46. The van der Waals surface area contributed by atoms with Gasteiger partial charge in [0, 0.05) is 5.56 Å². The lowest BCUT2D eigenvalue weighted by Gasteiger charge is -2.10. The van der Waals surface area contributed by atoms with Crippen LogP contribution in [-0.2, 0) is 25.6 Å². The first-order valence-electron chi connectivity index (χ1n) is 9.05. The average molecular weight is 477 g/mol. The van der Waals surface area contributed by atoms with Crippen molar-refractivity contribution in [1.29, 1.82) is 0 Å². The van der Waals surface area contributed by atoms with Crippen molar-refractivity contribution in [3.05, 3.63) is 40.9 Å². The fourth-order valence-corrected chi connectivity index (χ4v) is 4.73. The number of sulfone groups is 1. The number of nitrogens with zero attached hydrogens (tertiary/aromatic N) is 2. The zero-order valence-electron chi connectivity index (χ0n) is 16.1. The van der Waals surface area contributed by atoms with Crippen molar-refractivity contribution in [2.45, 2.75) is 42.2 Å². The lowest BCUT2D eigenvalue weighted by Crippen LogP contribution is -2.25. The predicted molar refractivity (Wildman–Crippen MR) is 107 cm³/mol. The minimum Gasteiger partial charge on any atom is -0.392 e. The lowest BCUT2D eigenvalue weighted by atomic mass is 10.1. The molecule has 1 aliphatic carbocycles. The van der Waals surface area contributed by atoms with E-state index < -0.39 is 44.8 Å². The molecule has 0 unspecified atom stereocenters. The SMILES string of the molecule is C[C@H](CO)O/N=C(/C(=O)Nc1ncc(C(F)(F)F)s1)c1ccc(S(=O)(=O)C2CC2)cc1. The number of thiazole rings is 1. The van der Waals surface area contributed by atoms with E-state index >= 15 is 0 Å². The number of anilines is 1. The summed E-state index contributed by atoms with van der Waals surface area (Å²) in [6.07, 6.45) is -3.56. The van der Waals surface area contributed by atoms with Crippen LogP contribution in [0.5, 0.6) is 0 Å². The Bertz CT molecular complexity index is 1080. The van der Waals surface area contributed by atoms with Crippen LogP contribution < -0.4 is 5.32 Å². The molecule has 0 bridgehead atoms. The molecule has 0 radical (unpaired) electrons. The Balaban J connectivity index is 1.85. The van der Waals surface area contributed by atoms with Gasteiger partial charge in [-0.1, -0.05) is 28.6 Å². The molecule has 168 valence electrons. The molecule has 1 aromatic carbocycles. The Kier molecular flexibility index (Phi) is 6.67. The Morgan fingerprint density at radius 3 is 2.52 bits per heavy atom. The fourth-order valence-electron chi connectivity index (χ4n) is 2.39. The Morgan fingerprint density at radius 1 is 1.35 bits per heavy atom. The summed E-state index contributed by atoms with van der Waals surface area (Å²) in [5.74, 6) is -0.911. The van der Waals surface area contributed by atoms with Gasteiger partial charge in [0.05, 0.1) is 22.9 Å². The molecule has 2 N–H and O–H groups in total. The Hall–Kier alpha value is -2.51. The van der Waals surface area contributed by atoms with Gasteiger partial charge in [-0.05, 0) is 31.9 Å². The maximum absolute atomic E-state index is 12.7. The number of hydrogen-bond donors (Lipinski definition) is 2. The summed E-state index contributed by atoms with van der Waals surface area (Å²) in [6, 6.07) is 5.35. The maximum Gasteiger partial charge on any atom is 0.427 e. The standard InChI is InChI=1S/C18H18F3N3O5S2/c1-10(9-25)29-24-15(16(26)23-17-22-8-14(30-17)18(19,20)21)11-2-4-12(5-3-11)31(27,28)13-6-7-13/h2-5,8,10,13,25H,6-7,9H2,1H3,(H,22,23,26)/b24-15+/t10-/m1/s1. The minimum absolute atomic E-state index is 0.0953. The van der Waals surface area contributed by atoms with E-state index in [1.54, 1.807) is 0 Å². The number of aliphatic hydroxyl groups excluding tert-OH is 1. The van der Waals surface area contributed by atoms with Crippen molar-refractivity contribution < 1.29 is 36.3 Å². The first-order chi connectivity index (χ1) is 14.5. The fraction of sp³-hybridized carbons (Fsp3) is 0.389. The minimum atomic E-state index is -4.60. The molecule has 1 amide bonds. The molecule has 1 saturated carbocycles. The summed E-state index contributed by atoms with van der Waals surface area (Å²) < 4.78 is 62.9. The second kappa shape index (κ2) is 8.93. The molecule has 3 rings (SSSR count). The molecule has 1 atom stereocenters. The van der Waals surface area contributed by atoms with Gasteiger partial charge in [-0.2, -0.15) is 13.2 Å². The molecule has 2 aromatic rings. The van der Waals surface area contributed by atoms with Gasteiger partial charge in [-0.3, -0.25) is 10.1 Å². The molecule has 0 aliphatic heterocycles. The number of oxime groups is 1. The van der Waals surface area contributed by atoms with Crippen molar-refractivity contribution in [2.24, 2.45) is 5.16 Å². The summed E-state index contributed by atoms with van der Waals surface area (Å²) >= 11 is 0.242. The quantitative estimate of drug-likeness (QED) is 0.446. The van der Waals surface area contributed by atoms with Gasteiger partial charge in [-0.25, -0.2) is 13.4 Å². The normalized spacial score (nSPS) is 16.1. The van der Waals surface area contributed by atoms with E-state index in [0.29, 0.717) is 19.0 Å². The highest BCUT2D eigenvalue weighted by Gasteiger charge is 2.37. The second-order valence-electron chi connectivity index (χ2n) is 6.79. The molecule has 1 heterocycles. The average Bonchev–Trinajstić information content (AvgIpc) is 3.47. The number of carbonyl (C=O) groups is 1. The van der Waals surface area contributed by atoms with Crippen molar-refractivity contribution in [1.82, 2.24) is 4.98 Å². The van der Waals surface area contributed by atoms with E-state index in [4.69, 9.17) is 9.94 Å². The van der Waals surface area contributed by atoms with Crippen LogP contribution >= 0.6 is 11.3 Å². The highest BCUT2D eigenvalue weighted by molar-refractivity contribution is 7.92. The van der Waals surface area contributed by atoms with Gasteiger partial charge in [0.1, 0.15) is 11.0 Å². The summed E-state index contributed by atoms with van der Waals surface area (Å²) in [4.78, 5) is 20.3. The van der Waals surface area contributed by atoms with Crippen molar-refractivity contribution in [2.75, 3.05) is 11.9 Å². The first kappa shape index (κ1) is 23.2. The molecule has 0 spiro atoms. The molecule has 1 aliphatic rings. The molecule has 1 aromatic heterocycles. The van der Waals surface area contributed by atoms with Crippen LogP contribution in [0.2, 0.25) is 0 Å². The summed E-state index contributed by atoms with van der Waals surface area (Å²) in [7, 11) is -3.44. The number of halogens is 3. The van der Waals surface area contributed by atoms with Gasteiger partial charge in [0.25, 0.3) is 5.91 Å². The van der Waals surface area contributed by atoms with Crippen LogP contribution in [0.15, 0.2) is 40.5 Å². The van der Waals surface area contributed by atoms with E-state index in [1.807, 2.05) is 0 Å². The molecule has 31 heavy (non-hydrogen) atoms. The number of benzene rings is 1. The third-order valence-electron chi connectivity index (χ3n) is 4.22. The van der Waals surface area contributed by atoms with Crippen LogP contribution in [0, 0.1) is 0 Å². The zero-order valence-corrected chi connectivity index (χ0v) is 17.7. The number of hydrogen-bond acceptors (Lipinski definition) is 8. The topological polar surface area (TPSA) is 118 Å². The van der Waals surface area contributed by atoms with Crippen LogP contribution in [0.1, 0.15) is 30.2 Å². The highest BCUT2D eigenvalue weighted by Crippen LogP contribution is 2.35. The number of nitrogens with one attached hydrogen (secondary N) is 1. The van der Waals surface area contributed by atoms with Crippen LogP contribution in [0.25, 0.3) is 0 Å². The number of alkyl halides is 3. The van der Waals surface area contributed by atoms with E-state index in [2.05, 4.69) is 15.5 Å². The number of carbonyl (C=O) groups excluding carboxylic acids is 1. The monoisotopic (exact) mass is 477 g/mol. The van der Waals surface area contributed by atoms with Crippen LogP contribution in [0.4, 0.5) is 18.3 Å². The zero-order chi connectivity index (χ0) is 22.8. The summed E-state index contributed by atoms with van der Waals surface area (Å²) in [5.41, 5.74) is -0.149. The first-order valence-corrected chi connectivity index (χ1v) is 11.4. The molecule has 8 nitrogen and oxygen atoms in total. The van der Waals surface area contributed by atoms with E-state index in [0.717, 1.165) is 0 Å². The second-order valence-corrected chi connectivity index (χ2v) is 10.0. The van der Waals surface area contributed by atoms with Gasteiger partial charge < -0.3 is 9.94 Å². The van der Waals surface area contributed by atoms with Gasteiger partial charge in [-0.15, -0.1) is 0 Å². The molecule has 13 heteroatoms. The predicted octanol–water partition coefficient (Wildman–Crippen LogP) is 2.84. The van der Waals surface area contributed by atoms with Crippen LogP contribution in [0.3, 0.4) is 0 Å². The summed E-state index contributed by atoms with van der Waals surface area (Å²) in [5, 5.41) is 14.3. The van der Waals surface area contributed by atoms with Crippen molar-refractivity contribution in [3.8, 4) is 0 Å². The highest BCUT2D eigenvalue weighted by atomic mass is 32.2. The molecular formula is C18H18F3N3O5S2. The molecule has 0 saturated heterocycles. The van der Waals surface area contributed by atoms with Gasteiger partial charge >= 0.3 is 6.18 Å². The lowest BCUT2D eigenvalue weighted by molar-refractivity contribution is -0.134. The number of aliphatic hydroxyl groups is 1. The number of rotatable bonds is 8. The maximum atomic E-state index is 12.7. The van der Waals surface area contributed by atoms with Crippen LogP contribution in [-0.4, -0.2) is 48.1 Å². The van der Waals surface area contributed by atoms with E-state index in [1.165, 1.54) is 31.2 Å². The smallest absolute Gasteiger partial charge is 0.392 e.